The number of hydrogen-bond acceptors (Lipinski definition) is 0. The van der Waals surface area contributed by atoms with Gasteiger partial charge in [0.25, 0.3) is 0 Å². The molecule has 23 heavy (non-hydrogen) atoms. The molecule has 3 aliphatic carbocycles. The summed E-state index contributed by atoms with van der Waals surface area (Å²) in [4.78, 5) is 0. The summed E-state index contributed by atoms with van der Waals surface area (Å²) in [6.07, 6.45) is 13.7. The van der Waals surface area contributed by atoms with Gasteiger partial charge in [-0.15, -0.1) is 0 Å². The van der Waals surface area contributed by atoms with Gasteiger partial charge in [-0.3, -0.25) is 0 Å². The minimum atomic E-state index is -0.727. The SMILES string of the molecule is Fc1ccc(C2CCC(C3CCC(C4CC4)CC3)CC2)cc1F. The Hall–Kier alpha value is -0.920. The standard InChI is InChI=1S/C21H28F2/c22-20-12-11-19(13-21(20)23)18-9-7-17(8-10-18)16-5-3-15(4-6-16)14-1-2-14/h11-18H,1-10H2. The summed E-state index contributed by atoms with van der Waals surface area (Å²) in [5.41, 5.74) is 1.000. The van der Waals surface area contributed by atoms with Crippen LogP contribution in [-0.2, 0) is 0 Å². The highest BCUT2D eigenvalue weighted by Crippen LogP contribution is 2.49. The fourth-order valence-corrected chi connectivity index (χ4v) is 5.35. The van der Waals surface area contributed by atoms with Gasteiger partial charge in [-0.2, -0.15) is 0 Å². The van der Waals surface area contributed by atoms with E-state index in [0.717, 1.165) is 42.1 Å². The molecule has 0 amide bonds. The van der Waals surface area contributed by atoms with E-state index in [0.29, 0.717) is 5.92 Å². The van der Waals surface area contributed by atoms with Crippen LogP contribution in [-0.4, -0.2) is 0 Å². The summed E-state index contributed by atoms with van der Waals surface area (Å²) in [6.45, 7) is 0. The van der Waals surface area contributed by atoms with E-state index in [9.17, 15) is 8.78 Å². The van der Waals surface area contributed by atoms with Crippen LogP contribution >= 0.6 is 0 Å². The summed E-state index contributed by atoms with van der Waals surface area (Å²) in [5.74, 6) is 2.97. The second kappa shape index (κ2) is 6.53. The first kappa shape index (κ1) is 15.6. The first-order valence-electron chi connectivity index (χ1n) is 9.65. The van der Waals surface area contributed by atoms with Crippen molar-refractivity contribution in [3.63, 3.8) is 0 Å². The summed E-state index contributed by atoms with van der Waals surface area (Å²) in [7, 11) is 0. The van der Waals surface area contributed by atoms with E-state index in [4.69, 9.17) is 0 Å². The molecule has 0 N–H and O–H groups in total. The maximum atomic E-state index is 13.4. The minimum Gasteiger partial charge on any atom is -0.204 e. The Morgan fingerprint density at radius 2 is 1.00 bits per heavy atom. The molecule has 3 fully saturated rings. The fraction of sp³-hybridized carbons (Fsp3) is 0.714. The van der Waals surface area contributed by atoms with Crippen molar-refractivity contribution in [3.8, 4) is 0 Å². The average Bonchev–Trinajstić information content (AvgIpc) is 3.43. The molecule has 0 spiro atoms. The lowest BCUT2D eigenvalue weighted by molar-refractivity contribution is 0.152. The summed E-state index contributed by atoms with van der Waals surface area (Å²) in [5, 5.41) is 0. The quantitative estimate of drug-likeness (QED) is 0.600. The molecule has 0 radical (unpaired) electrons. The summed E-state index contributed by atoms with van der Waals surface area (Å²) >= 11 is 0. The third-order valence-corrected chi connectivity index (χ3v) is 6.96. The Balaban J connectivity index is 1.29. The van der Waals surface area contributed by atoms with Gasteiger partial charge in [-0.05, 0) is 111 Å². The number of halogens is 2. The van der Waals surface area contributed by atoms with Crippen LogP contribution in [0.2, 0.25) is 0 Å². The predicted molar refractivity (Wildman–Crippen MR) is 89.2 cm³/mol. The van der Waals surface area contributed by atoms with Crippen LogP contribution in [0.15, 0.2) is 18.2 Å². The third kappa shape index (κ3) is 3.46. The highest BCUT2D eigenvalue weighted by atomic mass is 19.2. The van der Waals surface area contributed by atoms with Crippen LogP contribution in [0.25, 0.3) is 0 Å². The van der Waals surface area contributed by atoms with Gasteiger partial charge in [0.1, 0.15) is 0 Å². The van der Waals surface area contributed by atoms with Crippen molar-refractivity contribution in [1.29, 1.82) is 0 Å². The van der Waals surface area contributed by atoms with Gasteiger partial charge in [-0.1, -0.05) is 6.07 Å². The monoisotopic (exact) mass is 318 g/mol. The molecule has 0 bridgehead atoms. The molecule has 0 atom stereocenters. The smallest absolute Gasteiger partial charge is 0.159 e. The van der Waals surface area contributed by atoms with Gasteiger partial charge >= 0.3 is 0 Å². The molecule has 0 nitrogen and oxygen atoms in total. The van der Waals surface area contributed by atoms with Gasteiger partial charge in [0, 0.05) is 0 Å². The first-order valence-corrected chi connectivity index (χ1v) is 9.65. The Morgan fingerprint density at radius 3 is 1.43 bits per heavy atom. The maximum Gasteiger partial charge on any atom is 0.159 e. The van der Waals surface area contributed by atoms with Crippen LogP contribution in [0.3, 0.4) is 0 Å². The lowest BCUT2D eigenvalue weighted by Gasteiger charge is -2.38. The lowest BCUT2D eigenvalue weighted by Crippen LogP contribution is -2.26. The van der Waals surface area contributed by atoms with Crippen LogP contribution in [0.5, 0.6) is 0 Å². The predicted octanol–water partition coefficient (Wildman–Crippen LogP) is 6.46. The van der Waals surface area contributed by atoms with Crippen LogP contribution in [0.1, 0.15) is 75.7 Å². The largest absolute Gasteiger partial charge is 0.204 e. The van der Waals surface area contributed by atoms with E-state index in [1.165, 1.54) is 63.5 Å². The maximum absolute atomic E-state index is 13.4. The van der Waals surface area contributed by atoms with Gasteiger partial charge < -0.3 is 0 Å². The zero-order chi connectivity index (χ0) is 15.8. The molecular weight excluding hydrogens is 290 g/mol. The fourth-order valence-electron chi connectivity index (χ4n) is 5.35. The molecule has 0 heterocycles. The van der Waals surface area contributed by atoms with Crippen molar-refractivity contribution < 1.29 is 8.78 Å². The van der Waals surface area contributed by atoms with E-state index in [2.05, 4.69) is 0 Å². The van der Waals surface area contributed by atoms with Gasteiger partial charge in [0.2, 0.25) is 0 Å². The third-order valence-electron chi connectivity index (χ3n) is 6.96. The van der Waals surface area contributed by atoms with Gasteiger partial charge in [0.15, 0.2) is 11.6 Å². The van der Waals surface area contributed by atoms with Gasteiger partial charge in [-0.25, -0.2) is 8.78 Å². The molecule has 3 saturated carbocycles. The molecule has 1 aromatic carbocycles. The molecule has 1 aromatic rings. The van der Waals surface area contributed by atoms with Crippen molar-refractivity contribution in [1.82, 2.24) is 0 Å². The van der Waals surface area contributed by atoms with Crippen molar-refractivity contribution in [2.75, 3.05) is 0 Å². The number of rotatable bonds is 3. The van der Waals surface area contributed by atoms with E-state index >= 15 is 0 Å². The summed E-state index contributed by atoms with van der Waals surface area (Å²) < 4.78 is 26.5. The normalized spacial score (nSPS) is 35.2. The second-order valence-corrected chi connectivity index (χ2v) is 8.30. The molecule has 0 saturated heterocycles. The number of hydrogen-bond donors (Lipinski definition) is 0. The zero-order valence-electron chi connectivity index (χ0n) is 13.9. The molecule has 2 heteroatoms. The van der Waals surface area contributed by atoms with Crippen molar-refractivity contribution >= 4 is 0 Å². The second-order valence-electron chi connectivity index (χ2n) is 8.30. The Morgan fingerprint density at radius 1 is 0.565 bits per heavy atom. The molecule has 0 aromatic heterocycles. The highest BCUT2D eigenvalue weighted by molar-refractivity contribution is 5.22. The van der Waals surface area contributed by atoms with E-state index in [1.54, 1.807) is 6.07 Å². The van der Waals surface area contributed by atoms with E-state index in [1.807, 2.05) is 0 Å². The lowest BCUT2D eigenvalue weighted by atomic mass is 9.68. The van der Waals surface area contributed by atoms with Crippen LogP contribution in [0, 0.1) is 35.3 Å². The molecule has 126 valence electrons. The molecule has 0 aliphatic heterocycles. The van der Waals surface area contributed by atoms with Crippen molar-refractivity contribution in [3.05, 3.63) is 35.4 Å². The number of benzene rings is 1. The molecule has 4 rings (SSSR count). The topological polar surface area (TPSA) is 0 Å². The van der Waals surface area contributed by atoms with Crippen LogP contribution in [0.4, 0.5) is 8.78 Å². The average molecular weight is 318 g/mol. The highest BCUT2D eigenvalue weighted by Gasteiger charge is 2.36. The van der Waals surface area contributed by atoms with Crippen LogP contribution < -0.4 is 0 Å². The Kier molecular flexibility index (Phi) is 4.43. The Labute approximate surface area is 138 Å². The first-order chi connectivity index (χ1) is 11.2. The minimum absolute atomic E-state index is 0.434. The van der Waals surface area contributed by atoms with Gasteiger partial charge in [0.05, 0.1) is 0 Å². The van der Waals surface area contributed by atoms with E-state index < -0.39 is 11.6 Å². The Bertz CT molecular complexity index is 533. The zero-order valence-corrected chi connectivity index (χ0v) is 13.9. The van der Waals surface area contributed by atoms with E-state index in [-0.39, 0.29) is 0 Å². The molecule has 0 unspecified atom stereocenters. The molecule has 3 aliphatic rings. The van der Waals surface area contributed by atoms with Crippen molar-refractivity contribution in [2.24, 2.45) is 23.7 Å². The van der Waals surface area contributed by atoms with Crippen molar-refractivity contribution in [2.45, 2.75) is 70.1 Å². The summed E-state index contributed by atoms with van der Waals surface area (Å²) in [6, 6.07) is 4.49. The molecular formula is C21H28F2.